The number of hydrogen-bond acceptors (Lipinski definition) is 4. The van der Waals surface area contributed by atoms with Crippen LogP contribution in [0.15, 0.2) is 18.2 Å². The van der Waals surface area contributed by atoms with Gasteiger partial charge in [-0.3, -0.25) is 9.48 Å². The molecule has 0 aliphatic carbocycles. The lowest BCUT2D eigenvalue weighted by atomic mass is 9.74. The lowest BCUT2D eigenvalue weighted by molar-refractivity contribution is 0.0160. The van der Waals surface area contributed by atoms with E-state index in [0.29, 0.717) is 38.4 Å². The molecule has 7 nitrogen and oxygen atoms in total. The highest BCUT2D eigenvalue weighted by Crippen LogP contribution is 2.39. The van der Waals surface area contributed by atoms with Gasteiger partial charge in [-0.15, -0.1) is 0 Å². The molecule has 178 valence electrons. The minimum absolute atomic E-state index is 0.0125. The molecule has 1 amide bonds. The zero-order chi connectivity index (χ0) is 23.8. The number of halogens is 1. The molecule has 8 heteroatoms. The van der Waals surface area contributed by atoms with Crippen LogP contribution in [-0.4, -0.2) is 46.5 Å². The highest BCUT2D eigenvalue weighted by atomic mass is 19.1. The van der Waals surface area contributed by atoms with Crippen LogP contribution in [0.4, 0.5) is 4.39 Å². The number of rotatable bonds is 6. The summed E-state index contributed by atoms with van der Waals surface area (Å²) in [6, 6.07) is 4.16. The fourth-order valence-corrected chi connectivity index (χ4v) is 5.24. The van der Waals surface area contributed by atoms with E-state index in [-0.39, 0.29) is 28.9 Å². The molecule has 1 fully saturated rings. The van der Waals surface area contributed by atoms with Crippen LogP contribution in [0.1, 0.15) is 71.3 Å². The molecule has 2 aliphatic rings. The number of benzene rings is 1. The van der Waals surface area contributed by atoms with E-state index >= 15 is 0 Å². The number of amides is 1. The second-order valence-corrected chi connectivity index (χ2v) is 10.2. The molecule has 2 N–H and O–H groups in total. The van der Waals surface area contributed by atoms with Crippen LogP contribution in [0, 0.1) is 16.6 Å². The zero-order valence-electron chi connectivity index (χ0n) is 19.5. The van der Waals surface area contributed by atoms with Gasteiger partial charge in [0.25, 0.3) is 5.91 Å². The van der Waals surface area contributed by atoms with Crippen LogP contribution in [0.25, 0.3) is 0 Å². The molecular weight excluding hydrogens is 425 g/mol. The number of nitrogens with zero attached hydrogens (tertiary/aromatic N) is 2. The van der Waals surface area contributed by atoms with Crippen LogP contribution < -0.4 is 5.32 Å². The fraction of sp³-hybridized carbons (Fsp3) is 0.560. The molecule has 0 saturated carbocycles. The summed E-state index contributed by atoms with van der Waals surface area (Å²) in [5, 5.41) is 17.4. The number of fused-ring (bicyclic) bond motifs is 1. The Labute approximate surface area is 193 Å². The Kier molecular flexibility index (Phi) is 6.31. The Bertz CT molecular complexity index is 1070. The van der Waals surface area contributed by atoms with Crippen LogP contribution >= 0.6 is 0 Å². The number of aromatic carboxylic acids is 1. The molecule has 0 radical (unpaired) electrons. The van der Waals surface area contributed by atoms with Gasteiger partial charge in [0.15, 0.2) is 0 Å². The first kappa shape index (κ1) is 23.4. The topological polar surface area (TPSA) is 93.5 Å². The lowest BCUT2D eigenvalue weighted by Gasteiger charge is -2.36. The summed E-state index contributed by atoms with van der Waals surface area (Å²) < 4.78 is 22.0. The molecule has 0 bridgehead atoms. The molecule has 1 spiro atoms. The van der Waals surface area contributed by atoms with Gasteiger partial charge < -0.3 is 15.2 Å². The maximum absolute atomic E-state index is 14.6. The summed E-state index contributed by atoms with van der Waals surface area (Å²) in [5.74, 6) is -1.75. The number of ether oxygens (including phenoxy) is 1. The molecule has 0 atom stereocenters. The minimum Gasteiger partial charge on any atom is -0.478 e. The Balaban J connectivity index is 1.69. The standard InChI is InChI=1S/C25H32FN3O4/c1-4-29-21-18(13-25(15-27-22(21)30)8-10-33-11-9-25)20(28-29)14-24(2,3)12-17-16(23(31)32)6-5-7-19(17)26/h5-7H,4,8-15H2,1-3H3,(H,27,30)(H,31,32). The molecule has 1 saturated heterocycles. The van der Waals surface area contributed by atoms with Gasteiger partial charge in [-0.05, 0) is 62.0 Å². The van der Waals surface area contributed by atoms with Crippen molar-refractivity contribution >= 4 is 11.9 Å². The van der Waals surface area contributed by atoms with E-state index in [1.165, 1.54) is 18.2 Å². The highest BCUT2D eigenvalue weighted by Gasteiger charge is 2.40. The van der Waals surface area contributed by atoms with Gasteiger partial charge in [0.1, 0.15) is 11.5 Å². The van der Waals surface area contributed by atoms with Crippen molar-refractivity contribution in [1.82, 2.24) is 15.1 Å². The van der Waals surface area contributed by atoms with Crippen molar-refractivity contribution < 1.29 is 23.8 Å². The third-order valence-corrected chi connectivity index (χ3v) is 7.03. The van der Waals surface area contributed by atoms with Gasteiger partial charge >= 0.3 is 5.97 Å². The van der Waals surface area contributed by atoms with Crippen LogP contribution in [0.5, 0.6) is 0 Å². The SMILES string of the molecule is CCn1nc(CC(C)(C)Cc2c(F)cccc2C(=O)O)c2c1C(=O)NCC1(CCOCC1)C2. The molecule has 33 heavy (non-hydrogen) atoms. The summed E-state index contributed by atoms with van der Waals surface area (Å²) >= 11 is 0. The van der Waals surface area contributed by atoms with Gasteiger partial charge in [0.2, 0.25) is 0 Å². The predicted octanol–water partition coefficient (Wildman–Crippen LogP) is 3.63. The van der Waals surface area contributed by atoms with E-state index in [0.717, 1.165) is 30.5 Å². The number of nitrogens with one attached hydrogen (secondary N) is 1. The number of aryl methyl sites for hydroxylation is 1. The van der Waals surface area contributed by atoms with Gasteiger partial charge in [-0.1, -0.05) is 19.9 Å². The molecule has 3 heterocycles. The molecule has 4 rings (SSSR count). The second kappa shape index (κ2) is 8.89. The number of carbonyl (C=O) groups excluding carboxylic acids is 1. The van der Waals surface area contributed by atoms with Crippen LogP contribution in [-0.2, 0) is 30.5 Å². The van der Waals surface area contributed by atoms with Gasteiger partial charge in [0.05, 0.1) is 11.3 Å². The summed E-state index contributed by atoms with van der Waals surface area (Å²) in [7, 11) is 0. The van der Waals surface area contributed by atoms with Crippen molar-refractivity contribution in [3.05, 3.63) is 52.1 Å². The predicted molar refractivity (Wildman–Crippen MR) is 121 cm³/mol. The molecular formula is C25H32FN3O4. The third-order valence-electron chi connectivity index (χ3n) is 7.03. The van der Waals surface area contributed by atoms with Crippen molar-refractivity contribution in [2.75, 3.05) is 19.8 Å². The first-order chi connectivity index (χ1) is 15.6. The van der Waals surface area contributed by atoms with Crippen molar-refractivity contribution in [3.63, 3.8) is 0 Å². The Morgan fingerprint density at radius 2 is 2.03 bits per heavy atom. The van der Waals surface area contributed by atoms with Crippen LogP contribution in [0.3, 0.4) is 0 Å². The van der Waals surface area contributed by atoms with Gasteiger partial charge in [-0.25, -0.2) is 9.18 Å². The summed E-state index contributed by atoms with van der Waals surface area (Å²) in [5.41, 5.74) is 2.09. The van der Waals surface area contributed by atoms with E-state index in [9.17, 15) is 19.1 Å². The van der Waals surface area contributed by atoms with E-state index in [2.05, 4.69) is 5.32 Å². The van der Waals surface area contributed by atoms with E-state index in [1.807, 2.05) is 20.8 Å². The van der Waals surface area contributed by atoms with Crippen molar-refractivity contribution in [3.8, 4) is 0 Å². The summed E-state index contributed by atoms with van der Waals surface area (Å²) in [6.07, 6.45) is 3.26. The monoisotopic (exact) mass is 457 g/mol. The van der Waals surface area contributed by atoms with E-state index in [4.69, 9.17) is 9.84 Å². The lowest BCUT2D eigenvalue weighted by Crippen LogP contribution is -2.40. The second-order valence-electron chi connectivity index (χ2n) is 10.2. The summed E-state index contributed by atoms with van der Waals surface area (Å²) in [4.78, 5) is 24.7. The number of carboxylic acid groups (broad SMARTS) is 1. The first-order valence-electron chi connectivity index (χ1n) is 11.6. The molecule has 2 aliphatic heterocycles. The fourth-order valence-electron chi connectivity index (χ4n) is 5.24. The van der Waals surface area contributed by atoms with E-state index in [1.54, 1.807) is 4.68 Å². The largest absolute Gasteiger partial charge is 0.478 e. The van der Waals surface area contributed by atoms with Gasteiger partial charge in [0, 0.05) is 37.4 Å². The van der Waals surface area contributed by atoms with E-state index < -0.39 is 17.2 Å². The maximum atomic E-state index is 14.6. The highest BCUT2D eigenvalue weighted by molar-refractivity contribution is 5.95. The Morgan fingerprint density at radius 1 is 1.30 bits per heavy atom. The number of carbonyl (C=O) groups is 2. The van der Waals surface area contributed by atoms with Crippen molar-refractivity contribution in [1.29, 1.82) is 0 Å². The normalized spacial score (nSPS) is 18.0. The van der Waals surface area contributed by atoms with Crippen molar-refractivity contribution in [2.24, 2.45) is 10.8 Å². The molecule has 2 aromatic rings. The summed E-state index contributed by atoms with van der Waals surface area (Å²) in [6.45, 7) is 8.49. The minimum atomic E-state index is -1.14. The third kappa shape index (κ3) is 4.67. The van der Waals surface area contributed by atoms with Crippen LogP contribution in [0.2, 0.25) is 0 Å². The number of carboxylic acids is 1. The molecule has 0 unspecified atom stereocenters. The molecule has 1 aromatic carbocycles. The average molecular weight is 458 g/mol. The first-order valence-corrected chi connectivity index (χ1v) is 11.6. The molecule has 1 aromatic heterocycles. The van der Waals surface area contributed by atoms with Crippen molar-refractivity contribution in [2.45, 2.75) is 59.4 Å². The Morgan fingerprint density at radius 3 is 2.70 bits per heavy atom. The number of hydrogen-bond donors (Lipinski definition) is 2. The zero-order valence-corrected chi connectivity index (χ0v) is 19.5. The average Bonchev–Trinajstić information content (AvgIpc) is 3.02. The quantitative estimate of drug-likeness (QED) is 0.691. The van der Waals surface area contributed by atoms with Gasteiger partial charge in [-0.2, -0.15) is 5.10 Å². The smallest absolute Gasteiger partial charge is 0.336 e. The maximum Gasteiger partial charge on any atom is 0.336 e. The Hall–Kier alpha value is -2.74. The number of aromatic nitrogens is 2.